The average molecular weight is 249 g/mol. The van der Waals surface area contributed by atoms with Crippen LogP contribution >= 0.6 is 0 Å². The zero-order valence-corrected chi connectivity index (χ0v) is 9.78. The van der Waals surface area contributed by atoms with Crippen LogP contribution in [0.2, 0.25) is 0 Å². The van der Waals surface area contributed by atoms with Gasteiger partial charge in [-0.15, -0.1) is 10.2 Å². The fourth-order valence-electron chi connectivity index (χ4n) is 1.64. The lowest BCUT2D eigenvalue weighted by Gasteiger charge is -2.02. The molecule has 0 aromatic carbocycles. The van der Waals surface area contributed by atoms with Crippen molar-refractivity contribution >= 4 is 11.5 Å². The van der Waals surface area contributed by atoms with Crippen LogP contribution in [0.15, 0.2) is 12.1 Å². The van der Waals surface area contributed by atoms with Crippen molar-refractivity contribution in [3.8, 4) is 5.82 Å². The molecular weight excluding hydrogens is 238 g/mol. The molecule has 18 heavy (non-hydrogen) atoms. The van der Waals surface area contributed by atoms with E-state index in [1.807, 2.05) is 0 Å². The average Bonchev–Trinajstić information content (AvgIpc) is 2.65. The monoisotopic (exact) mass is 249 g/mol. The molecule has 0 bridgehead atoms. The van der Waals surface area contributed by atoms with Gasteiger partial charge in [0.25, 0.3) is 0 Å². The molecular formula is C9H11N7O2. The van der Waals surface area contributed by atoms with E-state index in [9.17, 15) is 10.1 Å². The van der Waals surface area contributed by atoms with E-state index < -0.39 is 4.92 Å². The van der Waals surface area contributed by atoms with Crippen molar-refractivity contribution in [2.45, 2.75) is 13.8 Å². The fraction of sp³-hybridized carbons (Fsp3) is 0.222. The predicted octanol–water partition coefficient (Wildman–Crippen LogP) is 0.473. The van der Waals surface area contributed by atoms with Crippen LogP contribution in [0, 0.1) is 24.0 Å². The number of hydrazine groups is 1. The van der Waals surface area contributed by atoms with Crippen LogP contribution in [-0.2, 0) is 0 Å². The maximum absolute atomic E-state index is 10.9. The quantitative estimate of drug-likeness (QED) is 0.460. The molecule has 2 rings (SSSR count). The second-order valence-electron chi connectivity index (χ2n) is 3.61. The van der Waals surface area contributed by atoms with Gasteiger partial charge in [0, 0.05) is 0 Å². The molecule has 2 aromatic heterocycles. The molecule has 0 radical (unpaired) electrons. The minimum absolute atomic E-state index is 0.0159. The third-order valence-corrected chi connectivity index (χ3v) is 2.45. The van der Waals surface area contributed by atoms with E-state index in [4.69, 9.17) is 5.84 Å². The Morgan fingerprint density at radius 1 is 1.39 bits per heavy atom. The first-order valence-electron chi connectivity index (χ1n) is 5.06. The van der Waals surface area contributed by atoms with Crippen LogP contribution in [-0.4, -0.2) is 24.9 Å². The molecule has 0 unspecified atom stereocenters. The molecule has 0 aliphatic rings. The molecule has 94 valence electrons. The topological polar surface area (TPSA) is 125 Å². The summed E-state index contributed by atoms with van der Waals surface area (Å²) in [5.74, 6) is 5.96. The molecule has 0 saturated carbocycles. The Balaban J connectivity index is 2.50. The summed E-state index contributed by atoms with van der Waals surface area (Å²) in [6.45, 7) is 3.18. The van der Waals surface area contributed by atoms with Gasteiger partial charge in [0.2, 0.25) is 0 Å². The van der Waals surface area contributed by atoms with E-state index in [0.29, 0.717) is 23.0 Å². The summed E-state index contributed by atoms with van der Waals surface area (Å²) < 4.78 is 1.38. The van der Waals surface area contributed by atoms with Gasteiger partial charge in [-0.3, -0.25) is 10.1 Å². The first-order chi connectivity index (χ1) is 8.54. The van der Waals surface area contributed by atoms with E-state index in [1.54, 1.807) is 26.0 Å². The molecule has 2 heterocycles. The maximum Gasteiger partial charge on any atom is 0.313 e. The molecule has 2 aromatic rings. The van der Waals surface area contributed by atoms with Gasteiger partial charge >= 0.3 is 5.69 Å². The van der Waals surface area contributed by atoms with E-state index in [2.05, 4.69) is 20.7 Å². The van der Waals surface area contributed by atoms with Crippen molar-refractivity contribution in [1.82, 2.24) is 20.0 Å². The Hall–Kier alpha value is -2.55. The maximum atomic E-state index is 10.9. The number of nitrogens with two attached hydrogens (primary N) is 1. The summed E-state index contributed by atoms with van der Waals surface area (Å²) in [7, 11) is 0. The third-order valence-electron chi connectivity index (χ3n) is 2.45. The minimum Gasteiger partial charge on any atom is -0.307 e. The summed E-state index contributed by atoms with van der Waals surface area (Å²) in [6.07, 6.45) is 0. The fourth-order valence-corrected chi connectivity index (χ4v) is 1.64. The SMILES string of the molecule is Cc1nn(-c2ccc(NN)nn2)c(C)c1[N+](=O)[O-]. The molecule has 0 aliphatic heterocycles. The molecule has 9 nitrogen and oxygen atoms in total. The van der Waals surface area contributed by atoms with Crippen molar-refractivity contribution in [3.05, 3.63) is 33.6 Å². The van der Waals surface area contributed by atoms with E-state index >= 15 is 0 Å². The molecule has 0 atom stereocenters. The van der Waals surface area contributed by atoms with Gasteiger partial charge in [0.15, 0.2) is 11.6 Å². The highest BCUT2D eigenvalue weighted by molar-refractivity contribution is 5.44. The Morgan fingerprint density at radius 3 is 2.56 bits per heavy atom. The molecule has 9 heteroatoms. The Morgan fingerprint density at radius 2 is 2.11 bits per heavy atom. The molecule has 0 spiro atoms. The summed E-state index contributed by atoms with van der Waals surface area (Å²) >= 11 is 0. The molecule has 0 fully saturated rings. The van der Waals surface area contributed by atoms with Crippen molar-refractivity contribution in [2.75, 3.05) is 5.43 Å². The van der Waals surface area contributed by atoms with E-state index in [-0.39, 0.29) is 5.69 Å². The number of hydrogen-bond donors (Lipinski definition) is 2. The number of nitrogens with one attached hydrogen (secondary N) is 1. The summed E-state index contributed by atoms with van der Waals surface area (Å²) in [6, 6.07) is 3.22. The largest absolute Gasteiger partial charge is 0.313 e. The first kappa shape index (κ1) is 11.9. The van der Waals surface area contributed by atoms with Crippen molar-refractivity contribution in [1.29, 1.82) is 0 Å². The van der Waals surface area contributed by atoms with Crippen LogP contribution in [0.5, 0.6) is 0 Å². The van der Waals surface area contributed by atoms with Gasteiger partial charge in [0.1, 0.15) is 11.4 Å². The Labute approximate surface area is 102 Å². The smallest absolute Gasteiger partial charge is 0.307 e. The van der Waals surface area contributed by atoms with Crippen LogP contribution < -0.4 is 11.3 Å². The predicted molar refractivity (Wildman–Crippen MR) is 63.1 cm³/mol. The van der Waals surface area contributed by atoms with Crippen LogP contribution in [0.1, 0.15) is 11.4 Å². The minimum atomic E-state index is -0.461. The molecule has 3 N–H and O–H groups in total. The van der Waals surface area contributed by atoms with Gasteiger partial charge in [-0.1, -0.05) is 0 Å². The second kappa shape index (κ2) is 4.37. The third kappa shape index (κ3) is 1.86. The molecule has 0 saturated heterocycles. The van der Waals surface area contributed by atoms with Gasteiger partial charge in [-0.2, -0.15) is 5.10 Å². The first-order valence-corrected chi connectivity index (χ1v) is 5.06. The number of aromatic nitrogens is 4. The van der Waals surface area contributed by atoms with E-state index in [1.165, 1.54) is 4.68 Å². The highest BCUT2D eigenvalue weighted by Gasteiger charge is 2.22. The molecule has 0 aliphatic carbocycles. The van der Waals surface area contributed by atoms with Crippen LogP contribution in [0.3, 0.4) is 0 Å². The zero-order chi connectivity index (χ0) is 13.3. The second-order valence-corrected chi connectivity index (χ2v) is 3.61. The van der Waals surface area contributed by atoms with Gasteiger partial charge < -0.3 is 5.43 Å². The van der Waals surface area contributed by atoms with Crippen molar-refractivity contribution < 1.29 is 4.92 Å². The Bertz CT molecular complexity index is 590. The number of nitrogens with zero attached hydrogens (tertiary/aromatic N) is 5. The summed E-state index contributed by atoms with van der Waals surface area (Å²) in [4.78, 5) is 10.4. The van der Waals surface area contributed by atoms with Gasteiger partial charge in [-0.05, 0) is 26.0 Å². The number of anilines is 1. The number of nitrogen functional groups attached to an aromatic ring is 1. The van der Waals surface area contributed by atoms with Gasteiger partial charge in [-0.25, -0.2) is 10.5 Å². The van der Waals surface area contributed by atoms with Crippen LogP contribution in [0.4, 0.5) is 11.5 Å². The lowest BCUT2D eigenvalue weighted by Crippen LogP contribution is -2.10. The van der Waals surface area contributed by atoms with Crippen LogP contribution in [0.25, 0.3) is 5.82 Å². The number of hydrogen-bond acceptors (Lipinski definition) is 7. The summed E-state index contributed by atoms with van der Waals surface area (Å²) in [5, 5.41) is 22.6. The van der Waals surface area contributed by atoms with E-state index in [0.717, 1.165) is 0 Å². The lowest BCUT2D eigenvalue weighted by molar-refractivity contribution is -0.386. The zero-order valence-electron chi connectivity index (χ0n) is 9.78. The number of nitro groups is 1. The number of rotatable bonds is 3. The summed E-state index contributed by atoms with van der Waals surface area (Å²) in [5.41, 5.74) is 3.06. The highest BCUT2D eigenvalue weighted by atomic mass is 16.6. The highest BCUT2D eigenvalue weighted by Crippen LogP contribution is 2.23. The van der Waals surface area contributed by atoms with Crippen molar-refractivity contribution in [3.63, 3.8) is 0 Å². The van der Waals surface area contributed by atoms with Crippen molar-refractivity contribution in [2.24, 2.45) is 5.84 Å². The van der Waals surface area contributed by atoms with Gasteiger partial charge in [0.05, 0.1) is 4.92 Å². The number of aryl methyl sites for hydroxylation is 1. The molecule has 0 amide bonds. The standard InChI is InChI=1S/C9H11N7O2/c1-5-9(16(17)18)6(2)15(14-5)8-4-3-7(11-10)12-13-8/h3-4H,10H2,1-2H3,(H,11,12). The Kier molecular flexibility index (Phi) is 2.90. The normalized spacial score (nSPS) is 10.4. The lowest BCUT2D eigenvalue weighted by atomic mass is 10.3.